The van der Waals surface area contributed by atoms with E-state index >= 15 is 0 Å². The van der Waals surface area contributed by atoms with Crippen LogP contribution >= 0.6 is 0 Å². The fourth-order valence-electron chi connectivity index (χ4n) is 11.0. The second kappa shape index (κ2) is 17.3. The molecule has 3 aliphatic heterocycles. The number of aryl methyl sites for hydroxylation is 2. The van der Waals surface area contributed by atoms with Crippen molar-refractivity contribution in [3.8, 4) is 5.75 Å². The average Bonchev–Trinajstić information content (AvgIpc) is 3.25. The van der Waals surface area contributed by atoms with Crippen LogP contribution in [0.3, 0.4) is 0 Å². The highest BCUT2D eigenvalue weighted by atomic mass is 16.3. The molecule has 3 amide bonds. The van der Waals surface area contributed by atoms with Gasteiger partial charge in [-0.05, 0) is 114 Å². The van der Waals surface area contributed by atoms with Crippen molar-refractivity contribution in [1.29, 1.82) is 0 Å². The summed E-state index contributed by atoms with van der Waals surface area (Å²) in [7, 11) is 0. The maximum atomic E-state index is 12.5. The van der Waals surface area contributed by atoms with Crippen molar-refractivity contribution in [3.05, 3.63) is 124 Å². The van der Waals surface area contributed by atoms with Crippen LogP contribution in [0.25, 0.3) is 0 Å². The van der Waals surface area contributed by atoms with Gasteiger partial charge in [-0.15, -0.1) is 0 Å². The number of anilines is 2. The molecule has 9 nitrogen and oxygen atoms in total. The zero-order valence-electron chi connectivity index (χ0n) is 34.1. The standard InChI is InChI=1S/C49H60N6O3/c1-34-29-38(14-20-46(34)55-23-21-47(57)51-49(55)58)45-33-53(24-22-50-45)32-40-10-6-5-9-39(40)31-52-25-27-54(28-26-52)41-15-11-36(12-16-41)48-43(35-7-3-2-4-8-35)18-13-37-30-42(56)17-19-44(37)48/h2-4,7-8,11-12,14-17,19-20,29-30,39-40,43,45,48,50,56H,5-6,9-10,13,18,21-28,31-33H2,1H3,(H,51,57,58)/t39-,40-,43+,45?,48-/m0/s1. The lowest BCUT2D eigenvalue weighted by molar-refractivity contribution is -0.120. The Balaban J connectivity index is 0.798. The summed E-state index contributed by atoms with van der Waals surface area (Å²) in [5.41, 5.74) is 9.92. The van der Waals surface area contributed by atoms with E-state index in [0.717, 1.165) is 81.7 Å². The Labute approximate surface area is 344 Å². The number of fused-ring (bicyclic) bond motifs is 1. The van der Waals surface area contributed by atoms with E-state index in [1.807, 2.05) is 12.1 Å². The van der Waals surface area contributed by atoms with Gasteiger partial charge in [0, 0.05) is 95.2 Å². The number of carbonyl (C=O) groups is 2. The van der Waals surface area contributed by atoms with E-state index in [9.17, 15) is 14.7 Å². The summed E-state index contributed by atoms with van der Waals surface area (Å²) in [5, 5.41) is 16.5. The van der Waals surface area contributed by atoms with Gasteiger partial charge >= 0.3 is 6.03 Å². The molecular formula is C49H60N6O3. The van der Waals surface area contributed by atoms with Crippen LogP contribution in [0.15, 0.2) is 91.0 Å². The predicted molar refractivity (Wildman–Crippen MR) is 232 cm³/mol. The summed E-state index contributed by atoms with van der Waals surface area (Å²) in [6, 6.07) is 32.8. The van der Waals surface area contributed by atoms with Crippen LogP contribution in [0.4, 0.5) is 16.2 Å². The van der Waals surface area contributed by atoms with Gasteiger partial charge in [0.1, 0.15) is 5.75 Å². The van der Waals surface area contributed by atoms with Crippen molar-refractivity contribution >= 4 is 23.3 Å². The first kappa shape index (κ1) is 38.8. The number of phenolic OH excluding ortho intramolecular Hbond substituents is 1. The Morgan fingerprint density at radius 1 is 0.707 bits per heavy atom. The molecule has 3 heterocycles. The lowest BCUT2D eigenvalue weighted by Gasteiger charge is -2.43. The molecule has 1 unspecified atom stereocenters. The minimum atomic E-state index is -0.328. The van der Waals surface area contributed by atoms with Crippen LogP contribution < -0.4 is 20.4 Å². The van der Waals surface area contributed by atoms with Crippen LogP contribution in [-0.2, 0) is 11.2 Å². The molecule has 0 bridgehead atoms. The van der Waals surface area contributed by atoms with Crippen LogP contribution in [-0.4, -0.2) is 92.3 Å². The summed E-state index contributed by atoms with van der Waals surface area (Å²) < 4.78 is 0. The molecule has 1 saturated carbocycles. The van der Waals surface area contributed by atoms with Gasteiger partial charge in [0.15, 0.2) is 0 Å². The van der Waals surface area contributed by atoms with Gasteiger partial charge < -0.3 is 15.3 Å². The molecule has 4 aromatic rings. The van der Waals surface area contributed by atoms with Crippen molar-refractivity contribution in [1.82, 2.24) is 20.4 Å². The monoisotopic (exact) mass is 780 g/mol. The Morgan fingerprint density at radius 2 is 1.45 bits per heavy atom. The van der Waals surface area contributed by atoms with Crippen molar-refractivity contribution in [3.63, 3.8) is 0 Å². The zero-order valence-corrected chi connectivity index (χ0v) is 34.1. The highest BCUT2D eigenvalue weighted by molar-refractivity contribution is 6.05. The first-order valence-electron chi connectivity index (χ1n) is 22.0. The summed E-state index contributed by atoms with van der Waals surface area (Å²) in [6.45, 7) is 12.3. The van der Waals surface area contributed by atoms with E-state index in [0.29, 0.717) is 24.6 Å². The number of nitrogens with zero attached hydrogens (tertiary/aromatic N) is 4. The Morgan fingerprint density at radius 3 is 2.19 bits per heavy atom. The van der Waals surface area contributed by atoms with Gasteiger partial charge in [0.2, 0.25) is 5.91 Å². The van der Waals surface area contributed by atoms with Crippen molar-refractivity contribution in [2.75, 3.05) is 75.2 Å². The molecule has 9 heteroatoms. The number of hydrogen-bond donors (Lipinski definition) is 3. The van der Waals surface area contributed by atoms with Crippen molar-refractivity contribution in [2.45, 2.75) is 69.7 Å². The molecule has 58 heavy (non-hydrogen) atoms. The fraction of sp³-hybridized carbons (Fsp3) is 0.469. The molecule has 0 aromatic heterocycles. The number of benzene rings is 4. The number of imide groups is 1. The zero-order chi connectivity index (χ0) is 39.6. The minimum Gasteiger partial charge on any atom is -0.508 e. The Kier molecular flexibility index (Phi) is 11.5. The van der Waals surface area contributed by atoms with Crippen molar-refractivity contribution < 1.29 is 14.7 Å². The Bertz CT molecular complexity index is 2060. The van der Waals surface area contributed by atoms with E-state index < -0.39 is 0 Å². The molecular weight excluding hydrogens is 721 g/mol. The number of amides is 3. The molecule has 304 valence electrons. The number of hydrogen-bond acceptors (Lipinski definition) is 7. The van der Waals surface area contributed by atoms with Crippen LogP contribution in [0.2, 0.25) is 0 Å². The minimum absolute atomic E-state index is 0.203. The molecule has 5 atom stereocenters. The van der Waals surface area contributed by atoms with E-state index in [4.69, 9.17) is 0 Å². The quantitative estimate of drug-likeness (QED) is 0.161. The summed E-state index contributed by atoms with van der Waals surface area (Å²) >= 11 is 0. The molecule has 4 aromatic carbocycles. The fourth-order valence-corrected chi connectivity index (χ4v) is 11.0. The van der Waals surface area contributed by atoms with Gasteiger partial charge in [-0.25, -0.2) is 4.79 Å². The van der Waals surface area contributed by atoms with Crippen LogP contribution in [0, 0.1) is 18.8 Å². The molecule has 2 aliphatic carbocycles. The number of phenols is 1. The number of carbonyl (C=O) groups excluding carboxylic acids is 2. The number of aromatic hydroxyl groups is 1. The first-order valence-corrected chi connectivity index (χ1v) is 22.0. The first-order chi connectivity index (χ1) is 28.4. The van der Waals surface area contributed by atoms with Gasteiger partial charge in [-0.1, -0.05) is 73.5 Å². The van der Waals surface area contributed by atoms with E-state index in [-0.39, 0.29) is 23.9 Å². The lowest BCUT2D eigenvalue weighted by atomic mass is 9.69. The predicted octanol–water partition coefficient (Wildman–Crippen LogP) is 7.58. The second-order valence-electron chi connectivity index (χ2n) is 17.7. The third-order valence-electron chi connectivity index (χ3n) is 14.1. The summed E-state index contributed by atoms with van der Waals surface area (Å²) in [6.07, 6.45) is 7.77. The second-order valence-corrected chi connectivity index (χ2v) is 17.7. The molecule has 4 fully saturated rings. The van der Waals surface area contributed by atoms with Gasteiger partial charge in [-0.2, -0.15) is 0 Å². The van der Waals surface area contributed by atoms with Crippen molar-refractivity contribution in [2.24, 2.45) is 11.8 Å². The normalized spacial score (nSPS) is 26.0. The molecule has 5 aliphatic rings. The van der Waals surface area contributed by atoms with Crippen LogP contribution in [0.1, 0.15) is 89.8 Å². The van der Waals surface area contributed by atoms with Gasteiger partial charge in [-0.3, -0.25) is 24.8 Å². The molecule has 0 spiro atoms. The SMILES string of the molecule is Cc1cc(C2CN(C[C@@H]3CCCC[C@H]3CN3CCN(c4ccc([C@@H]5c6ccc(O)cc6CC[C@@H]5c5ccccc5)cc4)CC3)CCN2)ccc1N1CCC(=O)NC1=O. The highest BCUT2D eigenvalue weighted by Crippen LogP contribution is 2.47. The number of urea groups is 1. The third-order valence-corrected chi connectivity index (χ3v) is 14.1. The van der Waals surface area contributed by atoms with E-state index in [2.05, 4.69) is 111 Å². The number of piperazine rings is 2. The van der Waals surface area contributed by atoms with E-state index in [1.165, 1.54) is 72.3 Å². The molecule has 0 radical (unpaired) electrons. The maximum absolute atomic E-state index is 12.5. The largest absolute Gasteiger partial charge is 0.508 e. The van der Waals surface area contributed by atoms with Gasteiger partial charge in [0.05, 0.1) is 0 Å². The molecule has 3 N–H and O–H groups in total. The number of rotatable bonds is 9. The Hall–Kier alpha value is -4.70. The lowest BCUT2D eigenvalue weighted by Crippen LogP contribution is -2.51. The third kappa shape index (κ3) is 8.40. The summed E-state index contributed by atoms with van der Waals surface area (Å²) in [5.74, 6) is 2.32. The molecule has 9 rings (SSSR count). The molecule has 3 saturated heterocycles. The average molecular weight is 781 g/mol. The van der Waals surface area contributed by atoms with Crippen LogP contribution in [0.5, 0.6) is 5.75 Å². The van der Waals surface area contributed by atoms with Gasteiger partial charge in [0.25, 0.3) is 0 Å². The van der Waals surface area contributed by atoms with E-state index in [1.54, 1.807) is 4.90 Å². The number of nitrogens with one attached hydrogen (secondary N) is 2. The highest BCUT2D eigenvalue weighted by Gasteiger charge is 2.34. The topological polar surface area (TPSA) is 91.4 Å². The maximum Gasteiger partial charge on any atom is 0.328 e. The summed E-state index contributed by atoms with van der Waals surface area (Å²) in [4.78, 5) is 33.9. The smallest absolute Gasteiger partial charge is 0.328 e.